The molecular formula is C19H20N6O. The quantitative estimate of drug-likeness (QED) is 0.569. The number of furan rings is 1. The Morgan fingerprint density at radius 1 is 1.12 bits per heavy atom. The van der Waals surface area contributed by atoms with Gasteiger partial charge in [-0.1, -0.05) is 6.07 Å². The number of nitrogens with one attached hydrogen (secondary N) is 2. The van der Waals surface area contributed by atoms with Gasteiger partial charge < -0.3 is 15.1 Å². The van der Waals surface area contributed by atoms with Crippen LogP contribution in [-0.2, 0) is 13.6 Å². The van der Waals surface area contributed by atoms with Crippen molar-refractivity contribution in [2.45, 2.75) is 20.4 Å². The van der Waals surface area contributed by atoms with E-state index in [9.17, 15) is 0 Å². The Morgan fingerprint density at radius 3 is 2.77 bits per heavy atom. The second-order valence-electron chi connectivity index (χ2n) is 6.26. The molecular weight excluding hydrogens is 328 g/mol. The van der Waals surface area contributed by atoms with Crippen LogP contribution < -0.4 is 10.6 Å². The normalized spacial score (nSPS) is 11.0. The van der Waals surface area contributed by atoms with Gasteiger partial charge in [0.15, 0.2) is 5.65 Å². The molecule has 3 aromatic heterocycles. The Bertz CT molecular complexity index is 1050. The van der Waals surface area contributed by atoms with E-state index in [4.69, 9.17) is 4.42 Å². The third kappa shape index (κ3) is 3.11. The Hall–Kier alpha value is -3.35. The first-order valence-corrected chi connectivity index (χ1v) is 8.40. The highest BCUT2D eigenvalue weighted by molar-refractivity contribution is 5.89. The van der Waals surface area contributed by atoms with Crippen LogP contribution in [0.2, 0.25) is 0 Å². The highest BCUT2D eigenvalue weighted by Crippen LogP contribution is 2.26. The molecule has 0 bridgehead atoms. The van der Waals surface area contributed by atoms with Gasteiger partial charge in [0, 0.05) is 12.7 Å². The summed E-state index contributed by atoms with van der Waals surface area (Å²) in [6.45, 7) is 4.70. The Kier molecular flexibility index (Phi) is 4.04. The van der Waals surface area contributed by atoms with Crippen LogP contribution in [0.15, 0.2) is 47.2 Å². The number of aromatic nitrogens is 4. The fourth-order valence-electron chi connectivity index (χ4n) is 2.73. The fraction of sp³-hybridized carbons (Fsp3) is 0.211. The van der Waals surface area contributed by atoms with Gasteiger partial charge in [-0.05, 0) is 49.2 Å². The van der Waals surface area contributed by atoms with E-state index in [1.165, 1.54) is 11.1 Å². The first-order valence-electron chi connectivity index (χ1n) is 8.40. The van der Waals surface area contributed by atoms with E-state index >= 15 is 0 Å². The van der Waals surface area contributed by atoms with Gasteiger partial charge >= 0.3 is 0 Å². The maximum atomic E-state index is 5.35. The van der Waals surface area contributed by atoms with E-state index < -0.39 is 0 Å². The van der Waals surface area contributed by atoms with Gasteiger partial charge in [0.05, 0.1) is 24.4 Å². The molecule has 4 aromatic rings. The summed E-state index contributed by atoms with van der Waals surface area (Å²) < 4.78 is 7.09. The van der Waals surface area contributed by atoms with Crippen molar-refractivity contribution in [3.05, 3.63) is 59.7 Å². The van der Waals surface area contributed by atoms with E-state index in [1.54, 1.807) is 17.1 Å². The van der Waals surface area contributed by atoms with Crippen LogP contribution in [0.1, 0.15) is 16.9 Å². The molecule has 1 aromatic carbocycles. The number of benzene rings is 1. The standard InChI is InChI=1S/C19H20N6O/c1-12-6-7-14(9-13(12)2)22-17-16-11-21-25(3)18(16)24-19(23-17)20-10-15-5-4-8-26-15/h4-9,11H,10H2,1-3H3,(H2,20,22,23,24). The van der Waals surface area contributed by atoms with E-state index in [2.05, 4.69) is 51.7 Å². The lowest BCUT2D eigenvalue weighted by Crippen LogP contribution is -2.06. The van der Waals surface area contributed by atoms with Crippen molar-refractivity contribution in [1.29, 1.82) is 0 Å². The molecule has 2 N–H and O–H groups in total. The zero-order valence-corrected chi connectivity index (χ0v) is 14.9. The van der Waals surface area contributed by atoms with Gasteiger partial charge in [-0.3, -0.25) is 4.68 Å². The molecule has 0 aliphatic carbocycles. The van der Waals surface area contributed by atoms with E-state index in [0.29, 0.717) is 18.3 Å². The second-order valence-corrected chi connectivity index (χ2v) is 6.26. The van der Waals surface area contributed by atoms with E-state index in [0.717, 1.165) is 22.5 Å². The SMILES string of the molecule is Cc1ccc(Nc2nc(NCc3ccco3)nc3c2cnn3C)cc1C. The smallest absolute Gasteiger partial charge is 0.227 e. The summed E-state index contributed by atoms with van der Waals surface area (Å²) in [6, 6.07) is 10.0. The van der Waals surface area contributed by atoms with Crippen LogP contribution in [0.25, 0.3) is 11.0 Å². The predicted octanol–water partition coefficient (Wildman–Crippen LogP) is 3.93. The topological polar surface area (TPSA) is 80.8 Å². The second kappa shape index (κ2) is 6.51. The Labute approximate surface area is 151 Å². The number of aryl methyl sites for hydroxylation is 3. The van der Waals surface area contributed by atoms with Gasteiger partial charge in [0.2, 0.25) is 5.95 Å². The molecule has 0 aliphatic heterocycles. The third-order valence-corrected chi connectivity index (χ3v) is 4.36. The monoisotopic (exact) mass is 348 g/mol. The van der Waals surface area contributed by atoms with Gasteiger partial charge in [0.1, 0.15) is 11.6 Å². The average Bonchev–Trinajstić information content (AvgIpc) is 3.27. The Morgan fingerprint density at radius 2 is 2.00 bits per heavy atom. The summed E-state index contributed by atoms with van der Waals surface area (Å²) >= 11 is 0. The molecule has 3 heterocycles. The first-order chi connectivity index (χ1) is 12.6. The molecule has 0 spiro atoms. The molecule has 0 saturated carbocycles. The maximum Gasteiger partial charge on any atom is 0.227 e. The minimum absolute atomic E-state index is 0.513. The van der Waals surface area contributed by atoms with Crippen molar-refractivity contribution in [2.24, 2.45) is 7.05 Å². The van der Waals surface area contributed by atoms with Crippen LogP contribution >= 0.6 is 0 Å². The molecule has 0 amide bonds. The average molecular weight is 348 g/mol. The molecule has 0 atom stereocenters. The zero-order chi connectivity index (χ0) is 18.1. The highest BCUT2D eigenvalue weighted by Gasteiger charge is 2.12. The van der Waals surface area contributed by atoms with Crippen molar-refractivity contribution in [3.8, 4) is 0 Å². The number of anilines is 3. The molecule has 0 radical (unpaired) electrons. The van der Waals surface area contributed by atoms with E-state index in [1.807, 2.05) is 25.2 Å². The van der Waals surface area contributed by atoms with E-state index in [-0.39, 0.29) is 0 Å². The largest absolute Gasteiger partial charge is 0.467 e. The number of rotatable bonds is 5. The van der Waals surface area contributed by atoms with Crippen LogP contribution in [-0.4, -0.2) is 19.7 Å². The lowest BCUT2D eigenvalue weighted by atomic mass is 10.1. The third-order valence-electron chi connectivity index (χ3n) is 4.36. The Balaban J connectivity index is 1.68. The van der Waals surface area contributed by atoms with Crippen LogP contribution in [0.5, 0.6) is 0 Å². The maximum absolute atomic E-state index is 5.35. The van der Waals surface area contributed by atoms with Crippen molar-refractivity contribution < 1.29 is 4.42 Å². The minimum Gasteiger partial charge on any atom is -0.467 e. The molecule has 7 nitrogen and oxygen atoms in total. The predicted molar refractivity (Wildman–Crippen MR) is 102 cm³/mol. The van der Waals surface area contributed by atoms with Gasteiger partial charge in [-0.25, -0.2) is 0 Å². The van der Waals surface area contributed by atoms with Crippen molar-refractivity contribution in [2.75, 3.05) is 10.6 Å². The highest BCUT2D eigenvalue weighted by atomic mass is 16.3. The minimum atomic E-state index is 0.513. The van der Waals surface area contributed by atoms with Crippen LogP contribution in [0.3, 0.4) is 0 Å². The molecule has 0 saturated heterocycles. The molecule has 4 rings (SSSR count). The van der Waals surface area contributed by atoms with Gasteiger partial charge in [0.25, 0.3) is 0 Å². The van der Waals surface area contributed by atoms with Crippen molar-refractivity contribution >= 4 is 28.5 Å². The number of fused-ring (bicyclic) bond motifs is 1. The summed E-state index contributed by atoms with van der Waals surface area (Å²) in [7, 11) is 1.87. The molecule has 26 heavy (non-hydrogen) atoms. The van der Waals surface area contributed by atoms with Gasteiger partial charge in [-0.15, -0.1) is 0 Å². The molecule has 0 unspecified atom stereocenters. The zero-order valence-electron chi connectivity index (χ0n) is 14.9. The fourth-order valence-corrected chi connectivity index (χ4v) is 2.73. The lowest BCUT2D eigenvalue weighted by Gasteiger charge is -2.11. The van der Waals surface area contributed by atoms with Crippen LogP contribution in [0, 0.1) is 13.8 Å². The molecule has 132 valence electrons. The van der Waals surface area contributed by atoms with Gasteiger partial charge in [-0.2, -0.15) is 15.1 Å². The number of hydrogen-bond donors (Lipinski definition) is 2. The summed E-state index contributed by atoms with van der Waals surface area (Å²) in [6.07, 6.45) is 3.42. The lowest BCUT2D eigenvalue weighted by molar-refractivity contribution is 0.517. The summed E-state index contributed by atoms with van der Waals surface area (Å²) in [4.78, 5) is 9.20. The van der Waals surface area contributed by atoms with Crippen molar-refractivity contribution in [3.63, 3.8) is 0 Å². The summed E-state index contributed by atoms with van der Waals surface area (Å²) in [5, 5.41) is 11.8. The molecule has 0 fully saturated rings. The number of hydrogen-bond acceptors (Lipinski definition) is 6. The van der Waals surface area contributed by atoms with Crippen LogP contribution in [0.4, 0.5) is 17.5 Å². The molecule has 0 aliphatic rings. The van der Waals surface area contributed by atoms with Crippen molar-refractivity contribution in [1.82, 2.24) is 19.7 Å². The number of nitrogens with zero attached hydrogens (tertiary/aromatic N) is 4. The summed E-state index contributed by atoms with van der Waals surface area (Å²) in [5.41, 5.74) is 4.22. The summed E-state index contributed by atoms with van der Waals surface area (Å²) in [5.74, 6) is 2.06. The first kappa shape index (κ1) is 16.1. The molecule has 7 heteroatoms.